The van der Waals surface area contributed by atoms with Crippen molar-refractivity contribution in [1.29, 1.82) is 10.5 Å². The fourth-order valence-corrected chi connectivity index (χ4v) is 2.00. The van der Waals surface area contributed by atoms with E-state index in [1.165, 1.54) is 30.3 Å². The van der Waals surface area contributed by atoms with Crippen molar-refractivity contribution in [2.24, 2.45) is 0 Å². The number of amides is 1. The molecule has 0 aliphatic rings. The van der Waals surface area contributed by atoms with Crippen LogP contribution < -0.4 is 11.1 Å². The van der Waals surface area contributed by atoms with Crippen molar-refractivity contribution >= 4 is 28.9 Å². The first-order valence-corrected chi connectivity index (χ1v) is 6.23. The third-order valence-corrected chi connectivity index (χ3v) is 2.92. The topological polar surface area (TPSA) is 103 Å². The molecule has 21 heavy (non-hydrogen) atoms. The van der Waals surface area contributed by atoms with Crippen LogP contribution in [0.1, 0.15) is 21.5 Å². The summed E-state index contributed by atoms with van der Waals surface area (Å²) in [5, 5.41) is 20.8. The molecule has 2 aromatic carbocycles. The highest BCUT2D eigenvalue weighted by Crippen LogP contribution is 2.19. The van der Waals surface area contributed by atoms with Crippen LogP contribution in [0.15, 0.2) is 36.4 Å². The number of halogens is 1. The number of anilines is 2. The second kappa shape index (κ2) is 5.96. The zero-order valence-corrected chi connectivity index (χ0v) is 11.5. The van der Waals surface area contributed by atoms with Gasteiger partial charge < -0.3 is 11.1 Å². The molecule has 0 aliphatic carbocycles. The van der Waals surface area contributed by atoms with Crippen LogP contribution in [0.4, 0.5) is 11.4 Å². The van der Waals surface area contributed by atoms with E-state index in [4.69, 9.17) is 27.9 Å². The normalized spacial score (nSPS) is 9.48. The minimum absolute atomic E-state index is 0.195. The number of nitrogens with zero attached hydrogens (tertiary/aromatic N) is 2. The second-order valence-corrected chi connectivity index (χ2v) is 4.65. The molecular formula is C15H9ClN4O. The molecule has 0 aromatic heterocycles. The van der Waals surface area contributed by atoms with Crippen molar-refractivity contribution < 1.29 is 4.79 Å². The Hall–Kier alpha value is -3.02. The first kappa shape index (κ1) is 14.4. The van der Waals surface area contributed by atoms with Gasteiger partial charge in [-0.05, 0) is 36.4 Å². The van der Waals surface area contributed by atoms with Crippen LogP contribution >= 0.6 is 11.6 Å². The highest BCUT2D eigenvalue weighted by molar-refractivity contribution is 6.31. The molecule has 2 rings (SSSR count). The van der Waals surface area contributed by atoms with Crippen LogP contribution in [0.5, 0.6) is 0 Å². The number of rotatable bonds is 2. The van der Waals surface area contributed by atoms with Crippen LogP contribution in [-0.2, 0) is 0 Å². The first-order chi connectivity index (χ1) is 10.0. The zero-order valence-electron chi connectivity index (χ0n) is 10.7. The highest BCUT2D eigenvalue weighted by atomic mass is 35.5. The third-order valence-electron chi connectivity index (χ3n) is 2.70. The van der Waals surface area contributed by atoms with Crippen molar-refractivity contribution in [1.82, 2.24) is 0 Å². The molecule has 5 nitrogen and oxygen atoms in total. The van der Waals surface area contributed by atoms with Gasteiger partial charge in [-0.15, -0.1) is 0 Å². The number of nitrogen functional groups attached to an aromatic ring is 1. The summed E-state index contributed by atoms with van der Waals surface area (Å²) < 4.78 is 0. The lowest BCUT2D eigenvalue weighted by molar-refractivity contribution is 0.102. The average Bonchev–Trinajstić information content (AvgIpc) is 2.46. The molecule has 0 heterocycles. The Balaban J connectivity index is 2.28. The number of carbonyl (C=O) groups is 1. The van der Waals surface area contributed by atoms with Crippen molar-refractivity contribution in [2.75, 3.05) is 11.1 Å². The fourth-order valence-electron chi connectivity index (χ4n) is 1.76. The minimum Gasteiger partial charge on any atom is -0.399 e. The Morgan fingerprint density at radius 1 is 1.10 bits per heavy atom. The van der Waals surface area contributed by atoms with E-state index >= 15 is 0 Å². The van der Waals surface area contributed by atoms with E-state index in [9.17, 15) is 4.79 Å². The van der Waals surface area contributed by atoms with Gasteiger partial charge in [-0.1, -0.05) is 11.6 Å². The predicted molar refractivity (Wildman–Crippen MR) is 79.7 cm³/mol. The molecular weight excluding hydrogens is 288 g/mol. The third kappa shape index (κ3) is 3.30. The number of hydrogen-bond donors (Lipinski definition) is 2. The van der Waals surface area contributed by atoms with Gasteiger partial charge in [0.1, 0.15) is 12.1 Å². The smallest absolute Gasteiger partial charge is 0.255 e. The van der Waals surface area contributed by atoms with Crippen molar-refractivity contribution in [3.05, 3.63) is 58.1 Å². The van der Waals surface area contributed by atoms with Gasteiger partial charge in [-0.25, -0.2) is 0 Å². The van der Waals surface area contributed by atoms with E-state index in [0.717, 1.165) is 0 Å². The van der Waals surface area contributed by atoms with E-state index < -0.39 is 5.91 Å². The Bertz CT molecular complexity index is 782. The van der Waals surface area contributed by atoms with Crippen molar-refractivity contribution in [3.8, 4) is 12.1 Å². The molecule has 1 amide bonds. The van der Waals surface area contributed by atoms with Gasteiger partial charge in [0.25, 0.3) is 5.91 Å². The Morgan fingerprint density at radius 2 is 1.81 bits per heavy atom. The van der Waals surface area contributed by atoms with E-state index in [0.29, 0.717) is 22.0 Å². The summed E-state index contributed by atoms with van der Waals surface area (Å²) in [7, 11) is 0. The van der Waals surface area contributed by atoms with Gasteiger partial charge >= 0.3 is 0 Å². The molecule has 102 valence electrons. The van der Waals surface area contributed by atoms with Crippen molar-refractivity contribution in [2.45, 2.75) is 0 Å². The number of nitrogens with one attached hydrogen (secondary N) is 1. The van der Waals surface area contributed by atoms with Crippen LogP contribution in [0.25, 0.3) is 0 Å². The quantitative estimate of drug-likeness (QED) is 0.831. The molecule has 0 spiro atoms. The first-order valence-electron chi connectivity index (χ1n) is 5.85. The molecule has 0 bridgehead atoms. The summed E-state index contributed by atoms with van der Waals surface area (Å²) in [5.74, 6) is -0.405. The molecule has 0 saturated carbocycles. The highest BCUT2D eigenvalue weighted by Gasteiger charge is 2.10. The van der Waals surface area contributed by atoms with Gasteiger partial charge in [0, 0.05) is 22.0 Å². The van der Waals surface area contributed by atoms with Crippen LogP contribution in [0.2, 0.25) is 5.02 Å². The maximum absolute atomic E-state index is 12.1. The summed E-state index contributed by atoms with van der Waals surface area (Å²) >= 11 is 5.85. The lowest BCUT2D eigenvalue weighted by Crippen LogP contribution is -2.12. The van der Waals surface area contributed by atoms with Gasteiger partial charge in [0.15, 0.2) is 0 Å². The van der Waals surface area contributed by atoms with Crippen LogP contribution in [0, 0.1) is 22.7 Å². The average molecular weight is 297 g/mol. The molecule has 0 atom stereocenters. The summed E-state index contributed by atoms with van der Waals surface area (Å²) in [4.78, 5) is 12.1. The lowest BCUT2D eigenvalue weighted by Gasteiger charge is -2.07. The second-order valence-electron chi connectivity index (χ2n) is 4.21. The zero-order chi connectivity index (χ0) is 15.4. The fraction of sp³-hybridized carbons (Fsp3) is 0. The van der Waals surface area contributed by atoms with Gasteiger partial charge in [-0.2, -0.15) is 10.5 Å². The molecule has 0 aliphatic heterocycles. The summed E-state index contributed by atoms with van der Waals surface area (Å²) in [6.07, 6.45) is 0. The largest absolute Gasteiger partial charge is 0.399 e. The minimum atomic E-state index is -0.405. The SMILES string of the molecule is N#Cc1ccc(NC(=O)c2cc(N)cc(Cl)c2)cc1C#N. The van der Waals surface area contributed by atoms with E-state index in [-0.39, 0.29) is 11.1 Å². The number of benzene rings is 2. The maximum Gasteiger partial charge on any atom is 0.255 e. The van der Waals surface area contributed by atoms with Crippen LogP contribution in [-0.4, -0.2) is 5.91 Å². The van der Waals surface area contributed by atoms with Crippen LogP contribution in [0.3, 0.4) is 0 Å². The van der Waals surface area contributed by atoms with Gasteiger partial charge in [0.2, 0.25) is 0 Å². The number of nitrogens with two attached hydrogens (primary N) is 1. The van der Waals surface area contributed by atoms with Gasteiger partial charge in [-0.3, -0.25) is 4.79 Å². The molecule has 6 heteroatoms. The summed E-state index contributed by atoms with van der Waals surface area (Å²) in [5.41, 5.74) is 7.18. The Kier molecular flexibility index (Phi) is 4.08. The lowest BCUT2D eigenvalue weighted by atomic mass is 10.1. The van der Waals surface area contributed by atoms with Gasteiger partial charge in [0.05, 0.1) is 11.1 Å². The molecule has 3 N–H and O–H groups in total. The summed E-state index contributed by atoms with van der Waals surface area (Å²) in [6.45, 7) is 0. The Morgan fingerprint density at radius 3 is 2.43 bits per heavy atom. The number of hydrogen-bond acceptors (Lipinski definition) is 4. The predicted octanol–water partition coefficient (Wildman–Crippen LogP) is 2.92. The van der Waals surface area contributed by atoms with E-state index in [1.54, 1.807) is 6.07 Å². The monoisotopic (exact) mass is 296 g/mol. The Labute approximate surface area is 126 Å². The summed E-state index contributed by atoms with van der Waals surface area (Å²) in [6, 6.07) is 12.8. The maximum atomic E-state index is 12.1. The van der Waals surface area contributed by atoms with E-state index in [2.05, 4.69) is 5.32 Å². The van der Waals surface area contributed by atoms with Crippen molar-refractivity contribution in [3.63, 3.8) is 0 Å². The number of carbonyl (C=O) groups excluding carboxylic acids is 1. The standard InChI is InChI=1S/C15H9ClN4O/c16-12-3-10(4-13(19)6-12)15(21)20-14-2-1-9(7-17)11(5-14)8-18/h1-6H,19H2,(H,20,21). The van der Waals surface area contributed by atoms with E-state index in [1.807, 2.05) is 12.1 Å². The molecule has 0 unspecified atom stereocenters. The molecule has 0 radical (unpaired) electrons. The molecule has 2 aromatic rings. The molecule has 0 saturated heterocycles. The molecule has 0 fully saturated rings. The number of nitriles is 2.